The van der Waals surface area contributed by atoms with Gasteiger partial charge in [-0.2, -0.15) is 0 Å². The number of unbranched alkanes of at least 4 members (excludes halogenated alkanes) is 48. The van der Waals surface area contributed by atoms with Gasteiger partial charge < -0.3 is 45.1 Å². The van der Waals surface area contributed by atoms with Crippen LogP contribution in [0.1, 0.15) is 373 Å². The van der Waals surface area contributed by atoms with Gasteiger partial charge in [0.15, 0.2) is 6.29 Å². The molecule has 11 nitrogen and oxygen atoms in total. The Kier molecular flexibility index (Phi) is 63.8. The minimum Gasteiger partial charge on any atom is -0.466 e. The van der Waals surface area contributed by atoms with Gasteiger partial charge in [0.1, 0.15) is 24.4 Å². The minimum atomic E-state index is -1.57. The van der Waals surface area contributed by atoms with Crippen LogP contribution in [0.25, 0.3) is 0 Å². The summed E-state index contributed by atoms with van der Waals surface area (Å²) in [4.78, 5) is 25.2. The number of nitrogens with one attached hydrogen (secondary N) is 1. The molecule has 0 aromatic heterocycles. The molecule has 1 saturated heterocycles. The largest absolute Gasteiger partial charge is 0.466 e. The van der Waals surface area contributed by atoms with Crippen molar-refractivity contribution in [1.29, 1.82) is 0 Å². The maximum atomic E-state index is 13.0. The van der Waals surface area contributed by atoms with Gasteiger partial charge in [-0.15, -0.1) is 0 Å². The molecular formula is C78H145NO10. The second-order valence-corrected chi connectivity index (χ2v) is 26.7. The predicted octanol–water partition coefficient (Wildman–Crippen LogP) is 20.3. The first-order valence-electron chi connectivity index (χ1n) is 38.4. The Morgan fingerprint density at radius 3 is 1.17 bits per heavy atom. The molecule has 0 radical (unpaired) electrons. The summed E-state index contributed by atoms with van der Waals surface area (Å²) in [5.41, 5.74) is 0. The number of carbonyl (C=O) groups is 2. The van der Waals surface area contributed by atoms with E-state index in [1.165, 1.54) is 283 Å². The molecule has 1 amide bonds. The van der Waals surface area contributed by atoms with E-state index >= 15 is 0 Å². The van der Waals surface area contributed by atoms with Gasteiger partial charge >= 0.3 is 5.97 Å². The van der Waals surface area contributed by atoms with Crippen LogP contribution in [0.3, 0.4) is 0 Å². The van der Waals surface area contributed by atoms with E-state index in [-0.39, 0.29) is 18.5 Å². The van der Waals surface area contributed by atoms with Gasteiger partial charge in [-0.3, -0.25) is 9.59 Å². The zero-order valence-electron chi connectivity index (χ0n) is 58.2. The van der Waals surface area contributed by atoms with Gasteiger partial charge in [0.05, 0.1) is 32.0 Å². The van der Waals surface area contributed by atoms with Gasteiger partial charge in [-0.05, 0) is 89.9 Å². The quantitative estimate of drug-likeness (QED) is 0.0195. The van der Waals surface area contributed by atoms with Crippen LogP contribution in [0, 0.1) is 0 Å². The van der Waals surface area contributed by atoms with Crippen LogP contribution in [-0.2, 0) is 23.8 Å². The summed E-state index contributed by atoms with van der Waals surface area (Å²) in [7, 11) is 0. The van der Waals surface area contributed by atoms with Crippen LogP contribution < -0.4 is 5.32 Å². The average Bonchev–Trinajstić information content (AvgIpc) is 1.96. The lowest BCUT2D eigenvalue weighted by Crippen LogP contribution is -2.60. The fourth-order valence-corrected chi connectivity index (χ4v) is 12.1. The standard InChI is InChI=1S/C78H145NO10/c1-3-5-7-9-11-13-14-15-16-17-33-37-40-43-46-50-54-58-62-66-74(83)87-67-63-59-55-51-47-44-41-38-35-32-30-28-26-24-22-20-18-19-21-23-25-27-29-31-34-36-39-42-45-49-53-57-61-65-73(82)79-70(71(81)64-60-56-52-48-12-10-8-6-4-2)69-88-78-77(86)76(85)75(84)72(68-80)89-78/h11,13,15-16,22,24,60,64,70-72,75-78,80-81,84-86H,3-10,12,14,17-21,23,25-59,61-63,65-69H2,1-2H3,(H,79,82)/b13-11-,16-15-,24-22-,64-60+. The van der Waals surface area contributed by atoms with Crippen molar-refractivity contribution in [3.63, 3.8) is 0 Å². The number of hydrogen-bond donors (Lipinski definition) is 6. The summed E-state index contributed by atoms with van der Waals surface area (Å²) in [5.74, 6) is -0.172. The third-order valence-electron chi connectivity index (χ3n) is 18.2. The Morgan fingerprint density at radius 1 is 0.416 bits per heavy atom. The first-order valence-corrected chi connectivity index (χ1v) is 38.4. The third kappa shape index (κ3) is 55.8. The van der Waals surface area contributed by atoms with Crippen LogP contribution in [0.15, 0.2) is 48.6 Å². The molecule has 0 aromatic carbocycles. The SMILES string of the molecule is CCCCC/C=C\C/C=C\CCCCCCCCCCCC(=O)OCCCCCCCCCCCCCC/C=C\CCCCCCCCCCCCCCCCCCCC(=O)NC(COC1OC(CO)C(O)C(O)C1O)C(O)/C=C/CCCCCCCCC. The lowest BCUT2D eigenvalue weighted by Gasteiger charge is -2.40. The topological polar surface area (TPSA) is 175 Å². The summed E-state index contributed by atoms with van der Waals surface area (Å²) in [6.07, 6.45) is 78.6. The van der Waals surface area contributed by atoms with Crippen LogP contribution in [0.5, 0.6) is 0 Å². The van der Waals surface area contributed by atoms with E-state index in [2.05, 4.69) is 55.6 Å². The van der Waals surface area contributed by atoms with Crippen LogP contribution in [0.4, 0.5) is 0 Å². The van der Waals surface area contributed by atoms with Gasteiger partial charge in [-0.25, -0.2) is 0 Å². The highest BCUT2D eigenvalue weighted by Crippen LogP contribution is 2.24. The normalized spacial score (nSPS) is 17.9. The Morgan fingerprint density at radius 2 is 0.753 bits per heavy atom. The highest BCUT2D eigenvalue weighted by Gasteiger charge is 2.44. The number of hydrogen-bond acceptors (Lipinski definition) is 10. The summed E-state index contributed by atoms with van der Waals surface area (Å²) < 4.78 is 16.7. The predicted molar refractivity (Wildman–Crippen MR) is 375 cm³/mol. The fraction of sp³-hybridized carbons (Fsp3) is 0.872. The molecule has 0 bridgehead atoms. The van der Waals surface area contributed by atoms with Crippen LogP contribution >= 0.6 is 0 Å². The smallest absolute Gasteiger partial charge is 0.305 e. The number of aliphatic hydroxyl groups excluding tert-OH is 5. The molecular weight excluding hydrogens is 1110 g/mol. The summed E-state index contributed by atoms with van der Waals surface area (Å²) in [6.45, 7) is 4.33. The van der Waals surface area contributed by atoms with Gasteiger partial charge in [0, 0.05) is 12.8 Å². The Bertz CT molecular complexity index is 1620. The molecule has 7 unspecified atom stereocenters. The van der Waals surface area contributed by atoms with E-state index in [1.807, 2.05) is 6.08 Å². The molecule has 1 heterocycles. The van der Waals surface area contributed by atoms with Gasteiger partial charge in [-0.1, -0.05) is 319 Å². The Hall–Kier alpha value is -2.38. The van der Waals surface area contributed by atoms with Crippen LogP contribution in [0.2, 0.25) is 0 Å². The molecule has 522 valence electrons. The van der Waals surface area contributed by atoms with E-state index in [0.717, 1.165) is 64.2 Å². The molecule has 1 rings (SSSR count). The minimum absolute atomic E-state index is 0.00788. The Balaban J connectivity index is 1.87. The second-order valence-electron chi connectivity index (χ2n) is 26.7. The average molecular weight is 1260 g/mol. The summed E-state index contributed by atoms with van der Waals surface area (Å²) in [5, 5.41) is 54.3. The van der Waals surface area contributed by atoms with E-state index in [4.69, 9.17) is 14.2 Å². The first-order chi connectivity index (χ1) is 43.7. The maximum Gasteiger partial charge on any atom is 0.305 e. The van der Waals surface area contributed by atoms with E-state index in [1.54, 1.807) is 6.08 Å². The summed E-state index contributed by atoms with van der Waals surface area (Å²) >= 11 is 0. The number of rotatable bonds is 68. The molecule has 1 aliphatic heterocycles. The van der Waals surface area contributed by atoms with Gasteiger partial charge in [0.2, 0.25) is 5.91 Å². The molecule has 6 N–H and O–H groups in total. The van der Waals surface area contributed by atoms with Crippen molar-refractivity contribution in [2.75, 3.05) is 19.8 Å². The molecule has 0 saturated carbocycles. The maximum absolute atomic E-state index is 13.0. The number of amides is 1. The lowest BCUT2D eigenvalue weighted by molar-refractivity contribution is -0.302. The van der Waals surface area contributed by atoms with Crippen molar-refractivity contribution < 1.29 is 49.3 Å². The zero-order valence-corrected chi connectivity index (χ0v) is 58.2. The van der Waals surface area contributed by atoms with Gasteiger partial charge in [0.25, 0.3) is 0 Å². The van der Waals surface area contributed by atoms with Crippen molar-refractivity contribution in [1.82, 2.24) is 5.32 Å². The van der Waals surface area contributed by atoms with Crippen LogP contribution in [-0.4, -0.2) is 100 Å². The van der Waals surface area contributed by atoms with E-state index in [9.17, 15) is 35.1 Å². The first kappa shape index (κ1) is 84.6. The molecule has 1 aliphatic rings. The highest BCUT2D eigenvalue weighted by atomic mass is 16.7. The summed E-state index contributed by atoms with van der Waals surface area (Å²) in [6, 6.07) is -0.806. The highest BCUT2D eigenvalue weighted by molar-refractivity contribution is 5.76. The third-order valence-corrected chi connectivity index (χ3v) is 18.2. The van der Waals surface area contributed by atoms with Crippen molar-refractivity contribution in [2.45, 2.75) is 416 Å². The van der Waals surface area contributed by atoms with Crippen molar-refractivity contribution >= 4 is 11.9 Å². The monoisotopic (exact) mass is 1260 g/mol. The number of allylic oxidation sites excluding steroid dienone is 7. The number of esters is 1. The van der Waals surface area contributed by atoms with E-state index in [0.29, 0.717) is 19.4 Å². The van der Waals surface area contributed by atoms with E-state index < -0.39 is 49.5 Å². The molecule has 0 aliphatic carbocycles. The number of aliphatic hydroxyl groups is 5. The molecule has 0 aromatic rings. The lowest BCUT2D eigenvalue weighted by atomic mass is 9.99. The molecule has 11 heteroatoms. The zero-order chi connectivity index (χ0) is 64.4. The molecule has 1 fully saturated rings. The molecule has 89 heavy (non-hydrogen) atoms. The second kappa shape index (κ2) is 67.1. The molecule has 0 spiro atoms. The number of carbonyl (C=O) groups excluding carboxylic acids is 2. The van der Waals surface area contributed by atoms with Crippen molar-refractivity contribution in [3.8, 4) is 0 Å². The number of ether oxygens (including phenoxy) is 3. The van der Waals surface area contributed by atoms with Crippen molar-refractivity contribution in [3.05, 3.63) is 48.6 Å². The Labute approximate surface area is 548 Å². The van der Waals surface area contributed by atoms with Crippen molar-refractivity contribution in [2.24, 2.45) is 0 Å². The fourth-order valence-electron chi connectivity index (χ4n) is 12.1. The molecule has 7 atom stereocenters.